The van der Waals surface area contributed by atoms with E-state index in [0.717, 1.165) is 32.1 Å². The number of amidine groups is 1. The Labute approximate surface area is 171 Å². The highest BCUT2D eigenvalue weighted by atomic mass is 35.5. The third-order valence-corrected chi connectivity index (χ3v) is 7.60. The molecule has 1 aliphatic carbocycles. The smallest absolute Gasteiger partial charge is 0.286 e. The van der Waals surface area contributed by atoms with Crippen molar-refractivity contribution in [2.24, 2.45) is 10.3 Å². The average Bonchev–Trinajstić information content (AvgIpc) is 2.91. The number of halogens is 1. The zero-order valence-electron chi connectivity index (χ0n) is 15.9. The van der Waals surface area contributed by atoms with Gasteiger partial charge in [-0.1, -0.05) is 37.3 Å². The molecule has 4 rings (SSSR count). The maximum Gasteiger partial charge on any atom is 0.286 e. The largest absolute Gasteiger partial charge is 0.352 e. The second-order valence-electron chi connectivity index (χ2n) is 7.96. The molecule has 0 atom stereocenters. The first kappa shape index (κ1) is 19.7. The van der Waals surface area contributed by atoms with E-state index in [2.05, 4.69) is 9.71 Å². The molecule has 0 radical (unpaired) electrons. The molecule has 1 amide bonds. The predicted molar refractivity (Wildman–Crippen MR) is 111 cm³/mol. The summed E-state index contributed by atoms with van der Waals surface area (Å²) in [6.07, 6.45) is 9.49. The second-order valence-corrected chi connectivity index (χ2v) is 9.94. The molecule has 152 valence electrons. The summed E-state index contributed by atoms with van der Waals surface area (Å²) < 4.78 is 29.5. The number of carbonyl (C=O) groups is 1. The summed E-state index contributed by atoms with van der Waals surface area (Å²) in [6, 6.07) is 3.01. The minimum absolute atomic E-state index is 0.0744. The third kappa shape index (κ3) is 3.92. The molecule has 0 unspecified atom stereocenters. The number of nitrogens with zero attached hydrogens (tertiary/aromatic N) is 2. The fourth-order valence-corrected chi connectivity index (χ4v) is 5.90. The van der Waals surface area contributed by atoms with Gasteiger partial charge in [-0.2, -0.15) is 8.42 Å². The Bertz CT molecular complexity index is 908. The molecular weight excluding hydrogens is 398 g/mol. The van der Waals surface area contributed by atoms with Crippen molar-refractivity contribution in [1.29, 1.82) is 0 Å². The van der Waals surface area contributed by atoms with Crippen LogP contribution in [0.25, 0.3) is 0 Å². The maximum absolute atomic E-state index is 12.7. The van der Waals surface area contributed by atoms with Crippen LogP contribution in [0.4, 0.5) is 5.69 Å². The summed E-state index contributed by atoms with van der Waals surface area (Å²) in [7, 11) is -3.83. The molecule has 1 aromatic rings. The van der Waals surface area contributed by atoms with E-state index in [9.17, 15) is 13.2 Å². The van der Waals surface area contributed by atoms with Gasteiger partial charge in [0, 0.05) is 19.5 Å². The first-order valence-electron chi connectivity index (χ1n) is 10.2. The van der Waals surface area contributed by atoms with E-state index in [1.807, 2.05) is 4.90 Å². The molecule has 2 heterocycles. The van der Waals surface area contributed by atoms with Crippen molar-refractivity contribution in [1.82, 2.24) is 5.32 Å². The summed E-state index contributed by atoms with van der Waals surface area (Å²) in [5.41, 5.74) is 0.744. The number of nitrogens with one attached hydrogen (secondary N) is 1. The normalized spacial score (nSPS) is 21.9. The number of fused-ring (bicyclic) bond motifs is 3. The Morgan fingerprint density at radius 1 is 1.14 bits per heavy atom. The Morgan fingerprint density at radius 3 is 2.68 bits per heavy atom. The summed E-state index contributed by atoms with van der Waals surface area (Å²) in [5.74, 6) is 0.747. The van der Waals surface area contributed by atoms with Gasteiger partial charge in [-0.05, 0) is 43.7 Å². The fraction of sp³-hybridized carbons (Fsp3) is 0.600. The summed E-state index contributed by atoms with van der Waals surface area (Å²) in [5, 5.41) is 3.22. The highest BCUT2D eigenvalue weighted by Gasteiger charge is 2.33. The molecule has 8 heteroatoms. The standard InChI is InChI=1S/C20H26ClN3O3S/c21-16-12-17-18(28(26,27)23-19-9-5-2-6-10-24(17)19)11-15(16)20(25)22-13-14-7-3-1-4-8-14/h11-12,14H,1-10,13H2,(H,22,25). The minimum Gasteiger partial charge on any atom is -0.352 e. The van der Waals surface area contributed by atoms with Crippen molar-refractivity contribution >= 4 is 39.1 Å². The minimum atomic E-state index is -3.83. The van der Waals surface area contributed by atoms with Gasteiger partial charge in [-0.25, -0.2) is 0 Å². The lowest BCUT2D eigenvalue weighted by Gasteiger charge is -2.30. The van der Waals surface area contributed by atoms with Crippen molar-refractivity contribution in [2.45, 2.75) is 62.7 Å². The Balaban J connectivity index is 1.61. The number of carbonyl (C=O) groups excluding carboxylic acids is 1. The number of hydrogen-bond acceptors (Lipinski definition) is 4. The highest BCUT2D eigenvalue weighted by Crippen LogP contribution is 2.38. The van der Waals surface area contributed by atoms with Gasteiger partial charge in [0.1, 0.15) is 10.7 Å². The topological polar surface area (TPSA) is 78.8 Å². The van der Waals surface area contributed by atoms with Gasteiger partial charge in [0.2, 0.25) is 0 Å². The van der Waals surface area contributed by atoms with Crippen LogP contribution in [-0.4, -0.2) is 33.3 Å². The van der Waals surface area contributed by atoms with E-state index in [0.29, 0.717) is 37.0 Å². The van der Waals surface area contributed by atoms with Gasteiger partial charge < -0.3 is 10.2 Å². The molecule has 1 saturated carbocycles. The van der Waals surface area contributed by atoms with Crippen LogP contribution in [0.1, 0.15) is 68.1 Å². The Morgan fingerprint density at radius 2 is 1.89 bits per heavy atom. The molecule has 3 aliphatic rings. The van der Waals surface area contributed by atoms with Gasteiger partial charge in [-0.15, -0.1) is 4.40 Å². The molecule has 1 saturated heterocycles. The first-order valence-corrected chi connectivity index (χ1v) is 12.0. The lowest BCUT2D eigenvalue weighted by Crippen LogP contribution is -2.36. The van der Waals surface area contributed by atoms with E-state index in [1.165, 1.54) is 25.3 Å². The van der Waals surface area contributed by atoms with E-state index in [1.54, 1.807) is 6.07 Å². The Hall–Kier alpha value is -1.60. The number of hydrogen-bond donors (Lipinski definition) is 1. The van der Waals surface area contributed by atoms with Crippen LogP contribution >= 0.6 is 11.6 Å². The van der Waals surface area contributed by atoms with E-state index in [4.69, 9.17) is 11.6 Å². The molecule has 28 heavy (non-hydrogen) atoms. The van der Waals surface area contributed by atoms with Crippen molar-refractivity contribution in [2.75, 3.05) is 18.0 Å². The van der Waals surface area contributed by atoms with Gasteiger partial charge in [0.05, 0.1) is 16.3 Å². The molecular formula is C20H26ClN3O3S. The summed E-state index contributed by atoms with van der Waals surface area (Å²) in [6.45, 7) is 1.32. The number of anilines is 1. The van der Waals surface area contributed by atoms with Crippen molar-refractivity contribution in [3.8, 4) is 0 Å². The second kappa shape index (κ2) is 8.03. The number of rotatable bonds is 3. The molecule has 1 aromatic carbocycles. The van der Waals surface area contributed by atoms with Gasteiger partial charge in [0.25, 0.3) is 15.9 Å². The SMILES string of the molecule is O=C(NCC1CCCCC1)c1cc2c(cc1Cl)N1CCCCCC1=NS2(=O)=O. The monoisotopic (exact) mass is 423 g/mol. The molecule has 0 aromatic heterocycles. The van der Waals surface area contributed by atoms with E-state index >= 15 is 0 Å². The van der Waals surface area contributed by atoms with Crippen molar-refractivity contribution in [3.05, 3.63) is 22.7 Å². The average molecular weight is 424 g/mol. The molecule has 2 aliphatic heterocycles. The molecule has 2 fully saturated rings. The molecule has 6 nitrogen and oxygen atoms in total. The van der Waals surface area contributed by atoms with Crippen LogP contribution in [-0.2, 0) is 10.0 Å². The molecule has 1 N–H and O–H groups in total. The fourth-order valence-electron chi connectivity index (χ4n) is 4.39. The van der Waals surface area contributed by atoms with Crippen LogP contribution in [0, 0.1) is 5.92 Å². The van der Waals surface area contributed by atoms with Crippen LogP contribution in [0.5, 0.6) is 0 Å². The molecule has 0 spiro atoms. The van der Waals surface area contributed by atoms with Gasteiger partial charge in [0.15, 0.2) is 0 Å². The van der Waals surface area contributed by atoms with Crippen molar-refractivity contribution < 1.29 is 13.2 Å². The zero-order valence-corrected chi connectivity index (χ0v) is 17.5. The number of amides is 1. The maximum atomic E-state index is 12.7. The highest BCUT2D eigenvalue weighted by molar-refractivity contribution is 7.90. The van der Waals surface area contributed by atoms with E-state index in [-0.39, 0.29) is 21.4 Å². The predicted octanol–water partition coefficient (Wildman–Crippen LogP) is 4.13. The van der Waals surface area contributed by atoms with Crippen LogP contribution in [0.15, 0.2) is 21.4 Å². The zero-order chi connectivity index (χ0) is 19.7. The van der Waals surface area contributed by atoms with E-state index < -0.39 is 10.0 Å². The molecule has 0 bridgehead atoms. The summed E-state index contributed by atoms with van der Waals surface area (Å²) >= 11 is 6.42. The quantitative estimate of drug-likeness (QED) is 0.792. The van der Waals surface area contributed by atoms with Gasteiger partial charge in [-0.3, -0.25) is 4.79 Å². The van der Waals surface area contributed by atoms with Crippen molar-refractivity contribution in [3.63, 3.8) is 0 Å². The number of sulfonamides is 1. The lowest BCUT2D eigenvalue weighted by molar-refractivity contribution is 0.0943. The van der Waals surface area contributed by atoms with Crippen LogP contribution < -0.4 is 10.2 Å². The lowest BCUT2D eigenvalue weighted by atomic mass is 9.89. The van der Waals surface area contributed by atoms with Gasteiger partial charge >= 0.3 is 0 Å². The number of benzene rings is 1. The first-order chi connectivity index (χ1) is 13.5. The third-order valence-electron chi connectivity index (χ3n) is 5.96. The van der Waals surface area contributed by atoms with Crippen LogP contribution in [0.2, 0.25) is 5.02 Å². The Kier molecular flexibility index (Phi) is 5.65. The summed E-state index contributed by atoms with van der Waals surface area (Å²) in [4.78, 5) is 14.7. The van der Waals surface area contributed by atoms with Crippen LogP contribution in [0.3, 0.4) is 0 Å².